The summed E-state index contributed by atoms with van der Waals surface area (Å²) in [6.07, 6.45) is 7.60. The van der Waals surface area contributed by atoms with Crippen LogP contribution in [0, 0.1) is 0 Å². The van der Waals surface area contributed by atoms with Crippen LogP contribution in [-0.4, -0.2) is 41.8 Å². The second kappa shape index (κ2) is 6.01. The van der Waals surface area contributed by atoms with E-state index in [4.69, 9.17) is 9.26 Å². The van der Waals surface area contributed by atoms with Crippen molar-refractivity contribution in [2.75, 3.05) is 26.7 Å². The van der Waals surface area contributed by atoms with Gasteiger partial charge in [-0.2, -0.15) is 4.98 Å². The summed E-state index contributed by atoms with van der Waals surface area (Å²) in [6.45, 7) is 2.57. The van der Waals surface area contributed by atoms with Crippen molar-refractivity contribution in [2.45, 2.75) is 50.5 Å². The summed E-state index contributed by atoms with van der Waals surface area (Å²) in [6, 6.07) is 0. The third-order valence-electron chi connectivity index (χ3n) is 4.22. The normalized spacial score (nSPS) is 27.3. The second-order valence-corrected chi connectivity index (χ2v) is 5.80. The van der Waals surface area contributed by atoms with E-state index in [-0.39, 0.29) is 6.10 Å². The van der Waals surface area contributed by atoms with E-state index in [2.05, 4.69) is 22.1 Å². The molecule has 1 aromatic heterocycles. The molecule has 106 valence electrons. The van der Waals surface area contributed by atoms with Gasteiger partial charge in [0.1, 0.15) is 6.10 Å². The third kappa shape index (κ3) is 3.15. The zero-order chi connectivity index (χ0) is 13.1. The predicted molar refractivity (Wildman–Crippen MR) is 70.9 cm³/mol. The Kier molecular flexibility index (Phi) is 4.13. The Balaban J connectivity index is 1.68. The van der Waals surface area contributed by atoms with Gasteiger partial charge in [-0.3, -0.25) is 0 Å². The summed E-state index contributed by atoms with van der Waals surface area (Å²) in [5.74, 6) is 2.02. The summed E-state index contributed by atoms with van der Waals surface area (Å²) in [5.41, 5.74) is 0. The van der Waals surface area contributed by atoms with E-state index in [1.165, 1.54) is 38.5 Å². The molecule has 0 spiro atoms. The zero-order valence-corrected chi connectivity index (χ0v) is 11.7. The lowest BCUT2D eigenvalue weighted by molar-refractivity contribution is -0.0264. The topological polar surface area (TPSA) is 51.4 Å². The van der Waals surface area contributed by atoms with Gasteiger partial charge < -0.3 is 14.2 Å². The molecular weight excluding hydrogens is 242 g/mol. The number of morpholine rings is 1. The minimum absolute atomic E-state index is 0.0259. The molecule has 0 amide bonds. The first-order chi connectivity index (χ1) is 9.33. The van der Waals surface area contributed by atoms with E-state index in [0.29, 0.717) is 5.92 Å². The molecule has 0 radical (unpaired) electrons. The van der Waals surface area contributed by atoms with E-state index >= 15 is 0 Å². The van der Waals surface area contributed by atoms with Crippen LogP contribution in [-0.2, 0) is 4.74 Å². The minimum Gasteiger partial charge on any atom is -0.367 e. The van der Waals surface area contributed by atoms with Crippen LogP contribution in [0.15, 0.2) is 4.52 Å². The molecule has 5 heteroatoms. The van der Waals surface area contributed by atoms with Crippen molar-refractivity contribution in [1.82, 2.24) is 15.0 Å². The predicted octanol–water partition coefficient (Wildman–Crippen LogP) is 2.51. The fourth-order valence-electron chi connectivity index (χ4n) is 3.00. The zero-order valence-electron chi connectivity index (χ0n) is 11.7. The third-order valence-corrected chi connectivity index (χ3v) is 4.22. The number of rotatable bonds is 2. The molecule has 0 N–H and O–H groups in total. The van der Waals surface area contributed by atoms with Crippen molar-refractivity contribution >= 4 is 0 Å². The molecule has 1 saturated heterocycles. The van der Waals surface area contributed by atoms with E-state index in [9.17, 15) is 0 Å². The standard InChI is InChI=1S/C14H23N3O2/c1-17-8-9-18-12(10-17)13-15-14(19-16-13)11-6-4-2-3-5-7-11/h11-12H,2-10H2,1H3/t12-/m1/s1. The van der Waals surface area contributed by atoms with Crippen LogP contribution < -0.4 is 0 Å². The van der Waals surface area contributed by atoms with Gasteiger partial charge in [0, 0.05) is 19.0 Å². The van der Waals surface area contributed by atoms with Gasteiger partial charge in [-0.15, -0.1) is 0 Å². The van der Waals surface area contributed by atoms with Gasteiger partial charge in [0.2, 0.25) is 11.7 Å². The first kappa shape index (κ1) is 13.1. The summed E-state index contributed by atoms with van der Waals surface area (Å²) >= 11 is 0. The van der Waals surface area contributed by atoms with Crippen molar-refractivity contribution in [3.05, 3.63) is 11.7 Å². The highest BCUT2D eigenvalue weighted by Crippen LogP contribution is 2.31. The number of nitrogens with zero attached hydrogens (tertiary/aromatic N) is 3. The summed E-state index contributed by atoms with van der Waals surface area (Å²) in [5, 5.41) is 4.14. The number of hydrogen-bond donors (Lipinski definition) is 0. The Bertz CT molecular complexity index is 383. The van der Waals surface area contributed by atoms with Crippen molar-refractivity contribution in [3.8, 4) is 0 Å². The molecule has 2 fully saturated rings. The number of hydrogen-bond acceptors (Lipinski definition) is 5. The van der Waals surface area contributed by atoms with Crippen molar-refractivity contribution in [3.63, 3.8) is 0 Å². The van der Waals surface area contributed by atoms with Crippen LogP contribution in [0.1, 0.15) is 62.3 Å². The Hall–Kier alpha value is -0.940. The first-order valence-corrected chi connectivity index (χ1v) is 7.46. The number of likely N-dealkylation sites (N-methyl/N-ethyl adjacent to an activating group) is 1. The Labute approximate surface area is 114 Å². The second-order valence-electron chi connectivity index (χ2n) is 5.80. The van der Waals surface area contributed by atoms with Crippen LogP contribution in [0.2, 0.25) is 0 Å². The van der Waals surface area contributed by atoms with Crippen molar-refractivity contribution < 1.29 is 9.26 Å². The highest BCUT2D eigenvalue weighted by Gasteiger charge is 2.27. The largest absolute Gasteiger partial charge is 0.367 e. The Morgan fingerprint density at radius 3 is 2.68 bits per heavy atom. The van der Waals surface area contributed by atoms with E-state index in [0.717, 1.165) is 31.4 Å². The molecule has 1 saturated carbocycles. The highest BCUT2D eigenvalue weighted by molar-refractivity contribution is 4.98. The lowest BCUT2D eigenvalue weighted by Crippen LogP contribution is -2.35. The van der Waals surface area contributed by atoms with Gasteiger partial charge in [-0.05, 0) is 19.9 Å². The molecule has 1 aliphatic heterocycles. The highest BCUT2D eigenvalue weighted by atomic mass is 16.5. The lowest BCUT2D eigenvalue weighted by Gasteiger charge is -2.27. The van der Waals surface area contributed by atoms with Crippen LogP contribution in [0.5, 0.6) is 0 Å². The molecule has 1 aliphatic carbocycles. The van der Waals surface area contributed by atoms with Gasteiger partial charge in [-0.1, -0.05) is 30.8 Å². The molecular formula is C14H23N3O2. The molecule has 1 atom stereocenters. The average Bonchev–Trinajstić information content (AvgIpc) is 2.75. The molecule has 3 rings (SSSR count). The van der Waals surface area contributed by atoms with Gasteiger partial charge >= 0.3 is 0 Å². The molecule has 0 aromatic carbocycles. The van der Waals surface area contributed by atoms with Gasteiger partial charge in [-0.25, -0.2) is 0 Å². The maximum atomic E-state index is 5.73. The molecule has 2 aliphatic rings. The fourth-order valence-corrected chi connectivity index (χ4v) is 3.00. The molecule has 5 nitrogen and oxygen atoms in total. The summed E-state index contributed by atoms with van der Waals surface area (Å²) in [4.78, 5) is 6.85. The van der Waals surface area contributed by atoms with Crippen molar-refractivity contribution in [2.24, 2.45) is 0 Å². The SMILES string of the molecule is CN1CCO[C@@H](c2noc(C3CCCCCC3)n2)C1. The van der Waals surface area contributed by atoms with Gasteiger partial charge in [0.05, 0.1) is 6.61 Å². The molecule has 2 heterocycles. The number of aromatic nitrogens is 2. The van der Waals surface area contributed by atoms with Crippen LogP contribution in [0.3, 0.4) is 0 Å². The molecule has 0 bridgehead atoms. The summed E-state index contributed by atoms with van der Waals surface area (Å²) in [7, 11) is 2.10. The monoisotopic (exact) mass is 265 g/mol. The first-order valence-electron chi connectivity index (χ1n) is 7.46. The Morgan fingerprint density at radius 1 is 1.16 bits per heavy atom. The molecule has 19 heavy (non-hydrogen) atoms. The van der Waals surface area contributed by atoms with Crippen molar-refractivity contribution in [1.29, 1.82) is 0 Å². The lowest BCUT2D eigenvalue weighted by atomic mass is 10.0. The van der Waals surface area contributed by atoms with Crippen LogP contribution in [0.25, 0.3) is 0 Å². The molecule has 1 aromatic rings. The maximum absolute atomic E-state index is 5.73. The Morgan fingerprint density at radius 2 is 1.95 bits per heavy atom. The van der Waals surface area contributed by atoms with E-state index in [1.807, 2.05) is 0 Å². The average molecular weight is 265 g/mol. The minimum atomic E-state index is -0.0259. The fraction of sp³-hybridized carbons (Fsp3) is 0.857. The summed E-state index contributed by atoms with van der Waals surface area (Å²) < 4.78 is 11.2. The molecule has 0 unspecified atom stereocenters. The van der Waals surface area contributed by atoms with Gasteiger partial charge in [0.25, 0.3) is 0 Å². The van der Waals surface area contributed by atoms with Crippen LogP contribution in [0.4, 0.5) is 0 Å². The van der Waals surface area contributed by atoms with E-state index < -0.39 is 0 Å². The maximum Gasteiger partial charge on any atom is 0.229 e. The van der Waals surface area contributed by atoms with E-state index in [1.54, 1.807) is 0 Å². The van der Waals surface area contributed by atoms with Gasteiger partial charge in [0.15, 0.2) is 0 Å². The quantitative estimate of drug-likeness (QED) is 0.769. The van der Waals surface area contributed by atoms with Crippen LogP contribution >= 0.6 is 0 Å². The number of ether oxygens (including phenoxy) is 1. The smallest absolute Gasteiger partial charge is 0.229 e.